The smallest absolute Gasteiger partial charge is 0.212 e. The van der Waals surface area contributed by atoms with Crippen molar-refractivity contribution >= 4 is 10.0 Å². The standard InChI is InChI=1S/C12H21NO2S/c1-13(2)16(14,15)11-5-9-12(10-6-11)7-3-4-8-12/h3-4,11H,5-10H2,1-2H3. The zero-order valence-corrected chi connectivity index (χ0v) is 11.0. The Morgan fingerprint density at radius 1 is 1.12 bits per heavy atom. The van der Waals surface area contributed by atoms with E-state index in [1.807, 2.05) is 0 Å². The minimum Gasteiger partial charge on any atom is -0.212 e. The van der Waals surface area contributed by atoms with Gasteiger partial charge in [0, 0.05) is 14.1 Å². The Kier molecular flexibility index (Phi) is 3.14. The lowest BCUT2D eigenvalue weighted by Gasteiger charge is -2.37. The number of hydrogen-bond donors (Lipinski definition) is 0. The summed E-state index contributed by atoms with van der Waals surface area (Å²) >= 11 is 0. The lowest BCUT2D eigenvalue weighted by molar-refractivity contribution is 0.206. The first-order chi connectivity index (χ1) is 7.46. The molecule has 0 saturated heterocycles. The van der Waals surface area contributed by atoms with Crippen LogP contribution >= 0.6 is 0 Å². The van der Waals surface area contributed by atoms with Crippen LogP contribution in [0.15, 0.2) is 12.2 Å². The highest BCUT2D eigenvalue weighted by Gasteiger charge is 2.40. The van der Waals surface area contributed by atoms with Crippen LogP contribution in [0.5, 0.6) is 0 Å². The Bertz CT molecular complexity index is 366. The van der Waals surface area contributed by atoms with Crippen molar-refractivity contribution < 1.29 is 8.42 Å². The SMILES string of the molecule is CN(C)S(=O)(=O)C1CCC2(CC=CC2)CC1. The number of allylic oxidation sites excluding steroid dienone is 2. The topological polar surface area (TPSA) is 37.4 Å². The Morgan fingerprint density at radius 3 is 2.06 bits per heavy atom. The molecule has 0 unspecified atom stereocenters. The van der Waals surface area contributed by atoms with Crippen molar-refractivity contribution in [3.05, 3.63) is 12.2 Å². The summed E-state index contributed by atoms with van der Waals surface area (Å²) in [7, 11) is 0.238. The van der Waals surface area contributed by atoms with Crippen LogP contribution in [0, 0.1) is 5.41 Å². The van der Waals surface area contributed by atoms with E-state index < -0.39 is 10.0 Å². The van der Waals surface area contributed by atoms with Gasteiger partial charge in [-0.2, -0.15) is 0 Å². The van der Waals surface area contributed by atoms with Gasteiger partial charge in [-0.1, -0.05) is 12.2 Å². The Morgan fingerprint density at radius 2 is 1.62 bits per heavy atom. The first-order valence-corrected chi connectivity index (χ1v) is 7.53. The minimum atomic E-state index is -3.03. The summed E-state index contributed by atoms with van der Waals surface area (Å²) in [5.41, 5.74) is 0.415. The molecule has 0 aromatic rings. The van der Waals surface area contributed by atoms with Crippen LogP contribution in [0.4, 0.5) is 0 Å². The molecule has 1 saturated carbocycles. The zero-order chi connectivity index (χ0) is 11.8. The fourth-order valence-electron chi connectivity index (χ4n) is 2.96. The zero-order valence-electron chi connectivity index (χ0n) is 10.1. The Hall–Kier alpha value is -0.350. The van der Waals surface area contributed by atoms with Gasteiger partial charge in [-0.05, 0) is 43.9 Å². The molecule has 0 radical (unpaired) electrons. The fraction of sp³-hybridized carbons (Fsp3) is 0.833. The van der Waals surface area contributed by atoms with Crippen LogP contribution in [-0.4, -0.2) is 32.1 Å². The van der Waals surface area contributed by atoms with E-state index in [1.54, 1.807) is 14.1 Å². The molecule has 2 aliphatic carbocycles. The summed E-state index contributed by atoms with van der Waals surface area (Å²) in [6.07, 6.45) is 10.6. The van der Waals surface area contributed by atoms with Crippen molar-refractivity contribution in [3.8, 4) is 0 Å². The summed E-state index contributed by atoms with van der Waals surface area (Å²) < 4.78 is 25.4. The third kappa shape index (κ3) is 2.05. The monoisotopic (exact) mass is 243 g/mol. The molecular weight excluding hydrogens is 222 g/mol. The highest BCUT2D eigenvalue weighted by atomic mass is 32.2. The molecular formula is C12H21NO2S. The first-order valence-electron chi connectivity index (χ1n) is 6.03. The van der Waals surface area contributed by atoms with Gasteiger partial charge >= 0.3 is 0 Å². The maximum atomic E-state index is 12.0. The van der Waals surface area contributed by atoms with Crippen LogP contribution in [0.2, 0.25) is 0 Å². The van der Waals surface area contributed by atoms with E-state index in [4.69, 9.17) is 0 Å². The fourth-order valence-corrected chi connectivity index (χ4v) is 4.39. The molecule has 0 amide bonds. The van der Waals surface area contributed by atoms with Gasteiger partial charge in [-0.15, -0.1) is 0 Å². The van der Waals surface area contributed by atoms with Gasteiger partial charge in [0.1, 0.15) is 0 Å². The van der Waals surface area contributed by atoms with E-state index in [2.05, 4.69) is 12.2 Å². The van der Waals surface area contributed by atoms with Gasteiger partial charge in [0.25, 0.3) is 0 Å². The van der Waals surface area contributed by atoms with Gasteiger partial charge < -0.3 is 0 Å². The third-order valence-electron chi connectivity index (χ3n) is 4.19. The second kappa shape index (κ2) is 4.15. The van der Waals surface area contributed by atoms with Crippen molar-refractivity contribution in [2.45, 2.75) is 43.8 Å². The number of hydrogen-bond acceptors (Lipinski definition) is 2. The summed E-state index contributed by atoms with van der Waals surface area (Å²) in [4.78, 5) is 0. The third-order valence-corrected chi connectivity index (χ3v) is 6.52. The minimum absolute atomic E-state index is 0.145. The van der Waals surface area contributed by atoms with Gasteiger partial charge in [0.2, 0.25) is 10.0 Å². The molecule has 0 N–H and O–H groups in total. The quantitative estimate of drug-likeness (QED) is 0.697. The molecule has 0 aliphatic heterocycles. The number of sulfonamides is 1. The Balaban J connectivity index is 2.00. The van der Waals surface area contributed by atoms with Crippen LogP contribution < -0.4 is 0 Å². The van der Waals surface area contributed by atoms with E-state index >= 15 is 0 Å². The molecule has 0 heterocycles. The van der Waals surface area contributed by atoms with Crippen molar-refractivity contribution in [1.29, 1.82) is 0 Å². The van der Waals surface area contributed by atoms with Gasteiger partial charge in [-0.3, -0.25) is 0 Å². The van der Waals surface area contributed by atoms with Crippen LogP contribution in [0.3, 0.4) is 0 Å². The molecule has 16 heavy (non-hydrogen) atoms. The molecule has 92 valence electrons. The normalized spacial score (nSPS) is 25.7. The average Bonchev–Trinajstić information content (AvgIpc) is 2.67. The summed E-state index contributed by atoms with van der Waals surface area (Å²) in [6.45, 7) is 0. The van der Waals surface area contributed by atoms with Gasteiger partial charge in [0.15, 0.2) is 0 Å². The maximum Gasteiger partial charge on any atom is 0.216 e. The van der Waals surface area contributed by atoms with Crippen molar-refractivity contribution in [3.63, 3.8) is 0 Å². The van der Waals surface area contributed by atoms with E-state index in [9.17, 15) is 8.42 Å². The molecule has 0 bridgehead atoms. The van der Waals surface area contributed by atoms with E-state index in [0.29, 0.717) is 5.41 Å². The van der Waals surface area contributed by atoms with Crippen LogP contribution in [0.25, 0.3) is 0 Å². The highest BCUT2D eigenvalue weighted by molar-refractivity contribution is 7.89. The van der Waals surface area contributed by atoms with Crippen molar-refractivity contribution in [2.24, 2.45) is 5.41 Å². The van der Waals surface area contributed by atoms with E-state index in [0.717, 1.165) is 38.5 Å². The largest absolute Gasteiger partial charge is 0.216 e. The molecule has 4 heteroatoms. The van der Waals surface area contributed by atoms with Gasteiger partial charge in [0.05, 0.1) is 5.25 Å². The second-order valence-corrected chi connectivity index (χ2v) is 7.83. The summed E-state index contributed by atoms with van der Waals surface area (Å²) in [6, 6.07) is 0. The number of nitrogens with zero attached hydrogens (tertiary/aromatic N) is 1. The van der Waals surface area contributed by atoms with Crippen molar-refractivity contribution in [2.75, 3.05) is 14.1 Å². The predicted octanol–water partition coefficient (Wildman–Crippen LogP) is 2.16. The second-order valence-electron chi connectivity index (χ2n) is 5.41. The van der Waals surface area contributed by atoms with E-state index in [-0.39, 0.29) is 5.25 Å². The van der Waals surface area contributed by atoms with Crippen LogP contribution in [0.1, 0.15) is 38.5 Å². The molecule has 0 atom stereocenters. The molecule has 1 fully saturated rings. The molecule has 1 spiro atoms. The molecule has 2 aliphatic rings. The molecule has 0 aromatic heterocycles. The lowest BCUT2D eigenvalue weighted by atomic mass is 9.72. The molecule has 0 aromatic carbocycles. The lowest BCUT2D eigenvalue weighted by Crippen LogP contribution is -2.38. The van der Waals surface area contributed by atoms with Crippen LogP contribution in [-0.2, 0) is 10.0 Å². The predicted molar refractivity (Wildman–Crippen MR) is 65.7 cm³/mol. The average molecular weight is 243 g/mol. The van der Waals surface area contributed by atoms with Crippen molar-refractivity contribution in [1.82, 2.24) is 4.31 Å². The first kappa shape index (κ1) is 12.1. The number of rotatable bonds is 2. The molecule has 2 rings (SSSR count). The summed E-state index contributed by atoms with van der Waals surface area (Å²) in [5, 5.41) is -0.145. The summed E-state index contributed by atoms with van der Waals surface area (Å²) in [5.74, 6) is 0. The molecule has 3 nitrogen and oxygen atoms in total. The maximum absolute atomic E-state index is 12.0. The highest BCUT2D eigenvalue weighted by Crippen LogP contribution is 2.47. The van der Waals surface area contributed by atoms with E-state index in [1.165, 1.54) is 4.31 Å². The van der Waals surface area contributed by atoms with Gasteiger partial charge in [-0.25, -0.2) is 12.7 Å². The Labute approximate surface area is 98.6 Å².